The van der Waals surface area contributed by atoms with Crippen LogP contribution in [0.25, 0.3) is 11.0 Å². The molecule has 0 atom stereocenters. The molecule has 0 bridgehead atoms. The number of carbonyl (C=O) groups excluding carboxylic acids is 1. The maximum Gasteiger partial charge on any atom is 0.242 e. The number of piperazine rings is 1. The van der Waals surface area contributed by atoms with E-state index in [0.717, 1.165) is 73.5 Å². The number of fused-ring (bicyclic) bond motifs is 1. The lowest BCUT2D eigenvalue weighted by atomic mass is 10.00. The van der Waals surface area contributed by atoms with Gasteiger partial charge in [0.2, 0.25) is 11.8 Å². The van der Waals surface area contributed by atoms with Gasteiger partial charge in [-0.15, -0.1) is 29.9 Å². The van der Waals surface area contributed by atoms with Crippen LogP contribution in [0.5, 0.6) is 5.88 Å². The lowest BCUT2D eigenvalue weighted by Crippen LogP contribution is -2.44. The van der Waals surface area contributed by atoms with Gasteiger partial charge < -0.3 is 20.3 Å². The zero-order valence-corrected chi connectivity index (χ0v) is 19.9. The van der Waals surface area contributed by atoms with Gasteiger partial charge in [-0.25, -0.2) is 9.67 Å². The largest absolute Gasteiger partial charge is 0.479 e. The summed E-state index contributed by atoms with van der Waals surface area (Å²) in [6.45, 7) is 10.1. The highest BCUT2D eigenvalue weighted by Crippen LogP contribution is 2.30. The molecule has 0 saturated carbocycles. The van der Waals surface area contributed by atoms with E-state index in [1.54, 1.807) is 11.8 Å². The van der Waals surface area contributed by atoms with Crippen molar-refractivity contribution in [3.63, 3.8) is 0 Å². The molecule has 0 unspecified atom stereocenters. The van der Waals surface area contributed by atoms with Crippen LogP contribution in [-0.2, 0) is 18.3 Å². The Balaban J connectivity index is 0.00000225. The fourth-order valence-corrected chi connectivity index (χ4v) is 3.90. The molecule has 1 aliphatic rings. The molecule has 0 spiro atoms. The number of nitrogens with one attached hydrogen (secondary N) is 2. The Bertz CT molecular complexity index is 837. The Morgan fingerprint density at radius 2 is 1.93 bits per heavy atom. The number of pyridine rings is 1. The molecule has 1 fully saturated rings. The van der Waals surface area contributed by atoms with Crippen molar-refractivity contribution < 1.29 is 9.53 Å². The van der Waals surface area contributed by atoms with Gasteiger partial charge in [0.05, 0.1) is 12.5 Å². The first-order valence-corrected chi connectivity index (χ1v) is 10.1. The van der Waals surface area contributed by atoms with Gasteiger partial charge in [0.25, 0.3) is 0 Å². The molecular weight excluding hydrogens is 427 g/mol. The summed E-state index contributed by atoms with van der Waals surface area (Å²) in [7, 11) is 3.48. The highest BCUT2D eigenvalue weighted by molar-refractivity contribution is 5.86. The molecule has 8 nitrogen and oxygen atoms in total. The molecule has 2 aromatic rings. The van der Waals surface area contributed by atoms with E-state index in [-0.39, 0.29) is 30.7 Å². The SMILES string of the molecule is COc1nn(C)c2nc(C)c(CCC(=O)NCCCN3CCNCC3)c(C)c12.Cl.Cl. The molecule has 0 aromatic carbocycles. The maximum absolute atomic E-state index is 12.3. The number of rotatable bonds is 8. The number of carbonyl (C=O) groups is 1. The first-order valence-electron chi connectivity index (χ1n) is 10.1. The third-order valence-corrected chi connectivity index (χ3v) is 5.50. The van der Waals surface area contributed by atoms with Crippen molar-refractivity contribution in [1.82, 2.24) is 30.3 Å². The maximum atomic E-state index is 12.3. The summed E-state index contributed by atoms with van der Waals surface area (Å²) in [4.78, 5) is 19.4. The van der Waals surface area contributed by atoms with E-state index in [4.69, 9.17) is 4.74 Å². The molecule has 30 heavy (non-hydrogen) atoms. The van der Waals surface area contributed by atoms with Gasteiger partial charge in [0.15, 0.2) is 5.65 Å². The highest BCUT2D eigenvalue weighted by Gasteiger charge is 2.18. The van der Waals surface area contributed by atoms with Crippen LogP contribution in [-0.4, -0.2) is 71.9 Å². The lowest BCUT2D eigenvalue weighted by Gasteiger charge is -2.27. The third-order valence-electron chi connectivity index (χ3n) is 5.50. The average Bonchev–Trinajstić information content (AvgIpc) is 3.01. The first-order chi connectivity index (χ1) is 13.5. The second kappa shape index (κ2) is 12.3. The fourth-order valence-electron chi connectivity index (χ4n) is 3.90. The number of methoxy groups -OCH3 is 1. The number of aromatic nitrogens is 3. The van der Waals surface area contributed by atoms with Gasteiger partial charge in [-0.05, 0) is 44.4 Å². The van der Waals surface area contributed by atoms with Crippen molar-refractivity contribution in [2.75, 3.05) is 46.4 Å². The minimum Gasteiger partial charge on any atom is -0.479 e. The van der Waals surface area contributed by atoms with Crippen LogP contribution in [0.1, 0.15) is 29.7 Å². The predicted molar refractivity (Wildman–Crippen MR) is 124 cm³/mol. The van der Waals surface area contributed by atoms with Crippen LogP contribution >= 0.6 is 24.8 Å². The number of amides is 1. The van der Waals surface area contributed by atoms with Gasteiger partial charge >= 0.3 is 0 Å². The summed E-state index contributed by atoms with van der Waals surface area (Å²) in [5.74, 6) is 0.679. The molecule has 0 radical (unpaired) electrons. The van der Waals surface area contributed by atoms with Crippen molar-refractivity contribution in [2.45, 2.75) is 33.1 Å². The van der Waals surface area contributed by atoms with Crippen molar-refractivity contribution in [2.24, 2.45) is 7.05 Å². The number of nitrogens with zero attached hydrogens (tertiary/aromatic N) is 4. The molecular formula is C20H34Cl2N6O2. The van der Waals surface area contributed by atoms with Crippen LogP contribution < -0.4 is 15.4 Å². The Morgan fingerprint density at radius 1 is 1.23 bits per heavy atom. The molecule has 1 saturated heterocycles. The molecule has 2 N–H and O–H groups in total. The van der Waals surface area contributed by atoms with E-state index >= 15 is 0 Å². The molecule has 0 aliphatic carbocycles. The van der Waals surface area contributed by atoms with Crippen LogP contribution in [0.4, 0.5) is 0 Å². The Hall–Kier alpha value is -1.61. The van der Waals surface area contributed by atoms with E-state index < -0.39 is 0 Å². The van der Waals surface area contributed by atoms with Crippen LogP contribution in [0.15, 0.2) is 0 Å². The summed E-state index contributed by atoms with van der Waals surface area (Å²) in [6, 6.07) is 0. The van der Waals surface area contributed by atoms with Crippen molar-refractivity contribution in [3.8, 4) is 5.88 Å². The predicted octanol–water partition coefficient (Wildman–Crippen LogP) is 1.78. The fraction of sp³-hybridized carbons (Fsp3) is 0.650. The molecule has 10 heteroatoms. The number of hydrogen-bond acceptors (Lipinski definition) is 6. The van der Waals surface area contributed by atoms with Crippen LogP contribution in [0.2, 0.25) is 0 Å². The number of halogens is 2. The normalized spacial score (nSPS) is 14.1. The highest BCUT2D eigenvalue weighted by atomic mass is 35.5. The second-order valence-corrected chi connectivity index (χ2v) is 7.43. The Kier molecular flexibility index (Phi) is 10.8. The quantitative estimate of drug-likeness (QED) is 0.584. The molecule has 3 rings (SSSR count). The summed E-state index contributed by atoms with van der Waals surface area (Å²) >= 11 is 0. The van der Waals surface area contributed by atoms with Gasteiger partial charge in [-0.1, -0.05) is 0 Å². The molecule has 1 amide bonds. The van der Waals surface area contributed by atoms with E-state index in [1.807, 2.05) is 14.0 Å². The zero-order chi connectivity index (χ0) is 20.1. The Morgan fingerprint density at radius 3 is 2.60 bits per heavy atom. The van der Waals surface area contributed by atoms with Gasteiger partial charge in [0, 0.05) is 51.9 Å². The molecule has 1 aliphatic heterocycles. The topological polar surface area (TPSA) is 84.3 Å². The molecule has 2 aromatic heterocycles. The lowest BCUT2D eigenvalue weighted by molar-refractivity contribution is -0.121. The van der Waals surface area contributed by atoms with Crippen molar-refractivity contribution in [1.29, 1.82) is 0 Å². The summed E-state index contributed by atoms with van der Waals surface area (Å²) < 4.78 is 7.15. The van der Waals surface area contributed by atoms with Gasteiger partial charge in [-0.2, -0.15) is 0 Å². The summed E-state index contributed by atoms with van der Waals surface area (Å²) in [5.41, 5.74) is 3.96. The van der Waals surface area contributed by atoms with E-state index in [2.05, 4.69) is 32.5 Å². The molecule has 170 valence electrons. The summed E-state index contributed by atoms with van der Waals surface area (Å²) in [5, 5.41) is 11.7. The summed E-state index contributed by atoms with van der Waals surface area (Å²) in [6.07, 6.45) is 2.12. The van der Waals surface area contributed by atoms with E-state index in [0.29, 0.717) is 18.7 Å². The second-order valence-electron chi connectivity index (χ2n) is 7.43. The smallest absolute Gasteiger partial charge is 0.242 e. The number of aryl methyl sites for hydroxylation is 3. The van der Waals surface area contributed by atoms with Crippen molar-refractivity contribution in [3.05, 3.63) is 16.8 Å². The van der Waals surface area contributed by atoms with Crippen molar-refractivity contribution >= 4 is 41.8 Å². The number of ether oxygens (including phenoxy) is 1. The Labute approximate surface area is 190 Å². The third kappa shape index (κ3) is 6.20. The van der Waals surface area contributed by atoms with E-state index in [1.165, 1.54) is 0 Å². The van der Waals surface area contributed by atoms with Gasteiger partial charge in [0.1, 0.15) is 0 Å². The van der Waals surface area contributed by atoms with Crippen LogP contribution in [0.3, 0.4) is 0 Å². The minimum atomic E-state index is 0. The van der Waals surface area contributed by atoms with E-state index in [9.17, 15) is 4.79 Å². The molecule has 3 heterocycles. The zero-order valence-electron chi connectivity index (χ0n) is 18.3. The van der Waals surface area contributed by atoms with Crippen LogP contribution in [0, 0.1) is 13.8 Å². The standard InChI is InChI=1S/C20H32N6O2.2ClH/c1-14-16(15(2)23-19-18(14)20(28-4)24-25(19)3)6-7-17(27)22-8-5-11-26-12-9-21-10-13-26;;/h21H,5-13H2,1-4H3,(H,22,27);2*1H. The first kappa shape index (κ1) is 26.4. The minimum absolute atomic E-state index is 0. The monoisotopic (exact) mass is 460 g/mol. The van der Waals surface area contributed by atoms with Gasteiger partial charge in [-0.3, -0.25) is 4.79 Å². The number of hydrogen-bond donors (Lipinski definition) is 2. The average molecular weight is 461 g/mol.